The quantitative estimate of drug-likeness (QED) is 0.875. The van der Waals surface area contributed by atoms with Gasteiger partial charge >= 0.3 is 6.03 Å². The van der Waals surface area contributed by atoms with Crippen molar-refractivity contribution in [1.29, 1.82) is 0 Å². The zero-order valence-electron chi connectivity index (χ0n) is 13.5. The molecule has 0 radical (unpaired) electrons. The van der Waals surface area contributed by atoms with E-state index >= 15 is 0 Å². The van der Waals surface area contributed by atoms with E-state index in [1.54, 1.807) is 6.20 Å². The van der Waals surface area contributed by atoms with Crippen LogP contribution >= 0.6 is 11.8 Å². The molecule has 8 heteroatoms. The van der Waals surface area contributed by atoms with Gasteiger partial charge in [0.2, 0.25) is 0 Å². The van der Waals surface area contributed by atoms with Gasteiger partial charge in [0.1, 0.15) is 17.5 Å². The molecule has 0 saturated carbocycles. The number of thioether (sulfide) groups is 1. The molecular formula is C17H18F2N4OS. The summed E-state index contributed by atoms with van der Waals surface area (Å²) >= 11 is 1.93. The van der Waals surface area contributed by atoms with E-state index in [0.29, 0.717) is 0 Å². The summed E-state index contributed by atoms with van der Waals surface area (Å²) in [6, 6.07) is 6.20. The van der Waals surface area contributed by atoms with Gasteiger partial charge in [0, 0.05) is 43.4 Å². The van der Waals surface area contributed by atoms with Crippen molar-refractivity contribution in [2.24, 2.45) is 0 Å². The lowest BCUT2D eigenvalue weighted by Crippen LogP contribution is -2.33. The monoisotopic (exact) mass is 364 g/mol. The number of halogens is 2. The second kappa shape index (κ2) is 8.15. The van der Waals surface area contributed by atoms with Crippen LogP contribution in [0.3, 0.4) is 0 Å². The Labute approximate surface area is 148 Å². The van der Waals surface area contributed by atoms with Gasteiger partial charge in [0.15, 0.2) is 0 Å². The average Bonchev–Trinajstić information content (AvgIpc) is 2.63. The Kier molecular flexibility index (Phi) is 5.70. The number of hydrogen-bond donors (Lipinski definition) is 2. The molecule has 2 aromatic rings. The van der Waals surface area contributed by atoms with Gasteiger partial charge in [-0.25, -0.2) is 18.6 Å². The molecule has 1 aromatic heterocycles. The molecule has 1 saturated heterocycles. The number of benzene rings is 1. The molecule has 1 fully saturated rings. The summed E-state index contributed by atoms with van der Waals surface area (Å²) < 4.78 is 26.4. The number of carbonyl (C=O) groups is 1. The van der Waals surface area contributed by atoms with Gasteiger partial charge in [0.25, 0.3) is 0 Å². The molecule has 1 aromatic carbocycles. The van der Waals surface area contributed by atoms with Crippen LogP contribution in [0.15, 0.2) is 36.5 Å². The summed E-state index contributed by atoms with van der Waals surface area (Å²) in [6.07, 6.45) is 1.71. The van der Waals surface area contributed by atoms with Crippen molar-refractivity contribution in [3.63, 3.8) is 0 Å². The summed E-state index contributed by atoms with van der Waals surface area (Å²) in [5.74, 6) is 1.55. The number of nitrogens with one attached hydrogen (secondary N) is 2. The first-order chi connectivity index (χ1) is 12.1. The van der Waals surface area contributed by atoms with Gasteiger partial charge < -0.3 is 15.5 Å². The van der Waals surface area contributed by atoms with E-state index in [1.807, 2.05) is 23.9 Å². The number of pyridine rings is 1. The molecule has 1 aliphatic rings. The van der Waals surface area contributed by atoms with Crippen LogP contribution in [-0.4, -0.2) is 35.6 Å². The van der Waals surface area contributed by atoms with Crippen LogP contribution in [0.2, 0.25) is 0 Å². The SMILES string of the molecule is O=C(NCc1ccnc(N2CCSCC2)c1)Nc1ccc(F)cc1F. The number of amides is 2. The molecule has 0 spiro atoms. The Bertz CT molecular complexity index is 753. The summed E-state index contributed by atoms with van der Waals surface area (Å²) in [6.45, 7) is 2.20. The van der Waals surface area contributed by atoms with Crippen LogP contribution in [0.25, 0.3) is 0 Å². The van der Waals surface area contributed by atoms with Crippen LogP contribution in [0, 0.1) is 11.6 Å². The third kappa shape index (κ3) is 4.82. The van der Waals surface area contributed by atoms with E-state index in [2.05, 4.69) is 20.5 Å². The van der Waals surface area contributed by atoms with Crippen molar-refractivity contribution in [3.8, 4) is 0 Å². The zero-order valence-corrected chi connectivity index (χ0v) is 14.3. The van der Waals surface area contributed by atoms with Crippen LogP contribution in [0.4, 0.5) is 25.1 Å². The van der Waals surface area contributed by atoms with E-state index in [4.69, 9.17) is 0 Å². The number of nitrogens with zero attached hydrogens (tertiary/aromatic N) is 2. The normalized spacial score (nSPS) is 14.2. The zero-order chi connectivity index (χ0) is 17.6. The molecule has 2 heterocycles. The maximum atomic E-state index is 13.5. The predicted molar refractivity (Wildman–Crippen MR) is 96.0 cm³/mol. The Morgan fingerprint density at radius 3 is 2.76 bits per heavy atom. The maximum absolute atomic E-state index is 13.5. The molecule has 132 valence electrons. The minimum Gasteiger partial charge on any atom is -0.355 e. The third-order valence-electron chi connectivity index (χ3n) is 3.78. The van der Waals surface area contributed by atoms with Crippen molar-refractivity contribution >= 4 is 29.3 Å². The molecule has 2 amide bonds. The van der Waals surface area contributed by atoms with Gasteiger partial charge in [-0.1, -0.05) is 0 Å². The molecule has 0 atom stereocenters. The number of urea groups is 1. The fraction of sp³-hybridized carbons (Fsp3) is 0.294. The Hall–Kier alpha value is -2.35. The van der Waals surface area contributed by atoms with Crippen molar-refractivity contribution in [2.75, 3.05) is 34.8 Å². The first kappa shape index (κ1) is 17.5. The topological polar surface area (TPSA) is 57.3 Å². The van der Waals surface area contributed by atoms with Crippen molar-refractivity contribution < 1.29 is 13.6 Å². The fourth-order valence-electron chi connectivity index (χ4n) is 2.48. The van der Waals surface area contributed by atoms with Crippen molar-refractivity contribution in [2.45, 2.75) is 6.54 Å². The highest BCUT2D eigenvalue weighted by molar-refractivity contribution is 7.99. The molecule has 2 N–H and O–H groups in total. The van der Waals surface area contributed by atoms with E-state index in [-0.39, 0.29) is 12.2 Å². The van der Waals surface area contributed by atoms with Crippen LogP contribution in [0.1, 0.15) is 5.56 Å². The van der Waals surface area contributed by atoms with Gasteiger partial charge in [-0.2, -0.15) is 11.8 Å². The number of carbonyl (C=O) groups excluding carboxylic acids is 1. The highest BCUT2D eigenvalue weighted by Gasteiger charge is 2.13. The molecule has 0 aliphatic carbocycles. The van der Waals surface area contributed by atoms with Gasteiger partial charge in [0.05, 0.1) is 5.69 Å². The summed E-state index contributed by atoms with van der Waals surface area (Å²) in [5, 5.41) is 5.02. The average molecular weight is 364 g/mol. The molecule has 25 heavy (non-hydrogen) atoms. The largest absolute Gasteiger partial charge is 0.355 e. The molecule has 0 unspecified atom stereocenters. The molecule has 3 rings (SSSR count). The van der Waals surface area contributed by atoms with Crippen molar-refractivity contribution in [1.82, 2.24) is 10.3 Å². The second-order valence-electron chi connectivity index (χ2n) is 5.55. The molecule has 0 bridgehead atoms. The fourth-order valence-corrected chi connectivity index (χ4v) is 3.38. The minimum absolute atomic E-state index is 0.0693. The predicted octanol–water partition coefficient (Wildman–Crippen LogP) is 3.23. The third-order valence-corrected chi connectivity index (χ3v) is 4.72. The van der Waals surface area contributed by atoms with Crippen LogP contribution in [-0.2, 0) is 6.54 Å². The van der Waals surface area contributed by atoms with Gasteiger partial charge in [-0.3, -0.25) is 0 Å². The van der Waals surface area contributed by atoms with Crippen LogP contribution < -0.4 is 15.5 Å². The van der Waals surface area contributed by atoms with Gasteiger partial charge in [-0.05, 0) is 29.8 Å². The van der Waals surface area contributed by atoms with Crippen molar-refractivity contribution in [3.05, 3.63) is 53.7 Å². The lowest BCUT2D eigenvalue weighted by atomic mass is 10.2. The highest BCUT2D eigenvalue weighted by Crippen LogP contribution is 2.18. The number of anilines is 2. The summed E-state index contributed by atoms with van der Waals surface area (Å²) in [5.41, 5.74) is 0.832. The van der Waals surface area contributed by atoms with E-state index < -0.39 is 17.7 Å². The Balaban J connectivity index is 1.56. The van der Waals surface area contributed by atoms with Gasteiger partial charge in [-0.15, -0.1) is 0 Å². The number of hydrogen-bond acceptors (Lipinski definition) is 4. The summed E-state index contributed by atoms with van der Waals surface area (Å²) in [4.78, 5) is 18.5. The molecule has 5 nitrogen and oxygen atoms in total. The number of rotatable bonds is 4. The smallest absolute Gasteiger partial charge is 0.319 e. The minimum atomic E-state index is -0.815. The first-order valence-electron chi connectivity index (χ1n) is 7.89. The molecular weight excluding hydrogens is 346 g/mol. The lowest BCUT2D eigenvalue weighted by molar-refractivity contribution is 0.251. The highest BCUT2D eigenvalue weighted by atomic mass is 32.2. The van der Waals surface area contributed by atoms with E-state index in [0.717, 1.165) is 48.1 Å². The second-order valence-corrected chi connectivity index (χ2v) is 6.78. The molecule has 1 aliphatic heterocycles. The lowest BCUT2D eigenvalue weighted by Gasteiger charge is -2.27. The van der Waals surface area contributed by atoms with E-state index in [1.165, 1.54) is 6.07 Å². The number of aromatic nitrogens is 1. The Morgan fingerprint density at radius 1 is 1.20 bits per heavy atom. The Morgan fingerprint density at radius 2 is 2.00 bits per heavy atom. The standard InChI is InChI=1S/C17H18F2N4OS/c18-13-1-2-15(14(19)10-13)22-17(24)21-11-12-3-4-20-16(9-12)23-5-7-25-8-6-23/h1-4,9-10H,5-8,11H2,(H2,21,22,24). The van der Waals surface area contributed by atoms with E-state index in [9.17, 15) is 13.6 Å². The first-order valence-corrected chi connectivity index (χ1v) is 9.05. The summed E-state index contributed by atoms with van der Waals surface area (Å²) in [7, 11) is 0. The van der Waals surface area contributed by atoms with Crippen LogP contribution in [0.5, 0.6) is 0 Å². The maximum Gasteiger partial charge on any atom is 0.319 e.